The smallest absolute Gasteiger partial charge is 0.223 e. The molecule has 1 fully saturated rings. The Labute approximate surface area is 174 Å². The van der Waals surface area contributed by atoms with Gasteiger partial charge in [-0.1, -0.05) is 60.2 Å². The van der Waals surface area contributed by atoms with Gasteiger partial charge in [-0.05, 0) is 43.7 Å². The molecule has 0 saturated carbocycles. The summed E-state index contributed by atoms with van der Waals surface area (Å²) >= 11 is 0. The standard InChI is InChI=1S/C23H30N2O3S/c1-19-9-11-21(12-10-19)18-24-23(26)22-13-15-25(16-14-22)29(27,28)17-5-8-20-6-3-2-4-7-20/h2-4,6-7,9-12,22H,5,8,13-18H2,1H3,(H,24,26). The molecule has 156 valence electrons. The SMILES string of the molecule is Cc1ccc(CNC(=O)C2CCN(S(=O)(=O)CCCc3ccccc3)CC2)cc1. The second-order valence-corrected chi connectivity index (χ2v) is 9.87. The summed E-state index contributed by atoms with van der Waals surface area (Å²) < 4.78 is 26.8. The number of aryl methyl sites for hydroxylation is 2. The fourth-order valence-corrected chi connectivity index (χ4v) is 5.20. The summed E-state index contributed by atoms with van der Waals surface area (Å²) in [4.78, 5) is 12.4. The van der Waals surface area contributed by atoms with Gasteiger partial charge in [0.15, 0.2) is 0 Å². The van der Waals surface area contributed by atoms with E-state index >= 15 is 0 Å². The third-order valence-electron chi connectivity index (χ3n) is 5.52. The van der Waals surface area contributed by atoms with Crippen molar-refractivity contribution in [3.8, 4) is 0 Å². The van der Waals surface area contributed by atoms with Crippen LogP contribution in [0.1, 0.15) is 36.0 Å². The maximum atomic E-state index is 12.6. The average Bonchev–Trinajstić information content (AvgIpc) is 2.74. The molecule has 0 aromatic heterocycles. The normalized spacial score (nSPS) is 15.9. The van der Waals surface area contributed by atoms with E-state index in [2.05, 4.69) is 5.32 Å². The second-order valence-electron chi connectivity index (χ2n) is 7.78. The molecule has 1 N–H and O–H groups in total. The topological polar surface area (TPSA) is 66.5 Å². The van der Waals surface area contributed by atoms with Crippen LogP contribution in [0.5, 0.6) is 0 Å². The van der Waals surface area contributed by atoms with Gasteiger partial charge in [0, 0.05) is 25.6 Å². The lowest BCUT2D eigenvalue weighted by atomic mass is 9.97. The van der Waals surface area contributed by atoms with Gasteiger partial charge in [-0.25, -0.2) is 12.7 Å². The number of piperidine rings is 1. The molecule has 1 amide bonds. The molecule has 1 aliphatic heterocycles. The van der Waals surface area contributed by atoms with Gasteiger partial charge in [0.25, 0.3) is 0 Å². The van der Waals surface area contributed by atoms with Crippen molar-refractivity contribution >= 4 is 15.9 Å². The molecule has 3 rings (SSSR count). The van der Waals surface area contributed by atoms with E-state index in [-0.39, 0.29) is 17.6 Å². The summed E-state index contributed by atoms with van der Waals surface area (Å²) in [5.41, 5.74) is 3.42. The van der Waals surface area contributed by atoms with Gasteiger partial charge in [0.05, 0.1) is 5.75 Å². The Balaban J connectivity index is 1.41. The number of hydrogen-bond acceptors (Lipinski definition) is 3. The molecular weight excluding hydrogens is 384 g/mol. The Morgan fingerprint density at radius 1 is 1.00 bits per heavy atom. The number of sulfonamides is 1. The highest BCUT2D eigenvalue weighted by molar-refractivity contribution is 7.89. The number of nitrogens with one attached hydrogen (secondary N) is 1. The van der Waals surface area contributed by atoms with Crippen LogP contribution >= 0.6 is 0 Å². The Morgan fingerprint density at radius 3 is 2.31 bits per heavy atom. The van der Waals surface area contributed by atoms with Crippen LogP contribution in [-0.2, 0) is 27.8 Å². The maximum absolute atomic E-state index is 12.6. The molecule has 1 saturated heterocycles. The van der Waals surface area contributed by atoms with Crippen LogP contribution in [0, 0.1) is 12.8 Å². The van der Waals surface area contributed by atoms with Gasteiger partial charge in [0.1, 0.15) is 0 Å². The lowest BCUT2D eigenvalue weighted by Crippen LogP contribution is -2.43. The number of nitrogens with zero attached hydrogens (tertiary/aromatic N) is 1. The van der Waals surface area contributed by atoms with E-state index < -0.39 is 10.0 Å². The number of amides is 1. The molecule has 1 aliphatic rings. The third kappa shape index (κ3) is 6.41. The second kappa shape index (κ2) is 10.0. The molecule has 6 heteroatoms. The van der Waals surface area contributed by atoms with Gasteiger partial charge >= 0.3 is 0 Å². The predicted molar refractivity (Wildman–Crippen MR) is 116 cm³/mol. The van der Waals surface area contributed by atoms with Crippen molar-refractivity contribution in [2.75, 3.05) is 18.8 Å². The molecule has 2 aromatic rings. The average molecular weight is 415 g/mol. The minimum Gasteiger partial charge on any atom is -0.352 e. The fraction of sp³-hybridized carbons (Fsp3) is 0.435. The monoisotopic (exact) mass is 414 g/mol. The molecule has 2 aromatic carbocycles. The number of benzene rings is 2. The molecule has 0 atom stereocenters. The van der Waals surface area contributed by atoms with Crippen LogP contribution in [0.3, 0.4) is 0 Å². The van der Waals surface area contributed by atoms with Crippen molar-refractivity contribution in [1.29, 1.82) is 0 Å². The molecule has 5 nitrogen and oxygen atoms in total. The minimum absolute atomic E-state index is 0.0201. The Kier molecular flexibility index (Phi) is 7.45. The number of hydrogen-bond donors (Lipinski definition) is 1. The Bertz CT molecular complexity index is 887. The van der Waals surface area contributed by atoms with E-state index in [9.17, 15) is 13.2 Å². The highest BCUT2D eigenvalue weighted by Crippen LogP contribution is 2.21. The van der Waals surface area contributed by atoms with Crippen molar-refractivity contribution in [3.63, 3.8) is 0 Å². The van der Waals surface area contributed by atoms with Crippen LogP contribution in [-0.4, -0.2) is 37.5 Å². The molecular formula is C23H30N2O3S. The number of carbonyl (C=O) groups is 1. The van der Waals surface area contributed by atoms with Crippen LogP contribution in [0.4, 0.5) is 0 Å². The first kappa shape index (κ1) is 21.5. The lowest BCUT2D eigenvalue weighted by Gasteiger charge is -2.30. The van der Waals surface area contributed by atoms with Crippen molar-refractivity contribution in [2.45, 2.75) is 39.2 Å². The van der Waals surface area contributed by atoms with Crippen LogP contribution in [0.15, 0.2) is 54.6 Å². The number of carbonyl (C=O) groups excluding carboxylic acids is 1. The summed E-state index contributed by atoms with van der Waals surface area (Å²) in [5.74, 6) is 0.0644. The molecule has 29 heavy (non-hydrogen) atoms. The lowest BCUT2D eigenvalue weighted by molar-refractivity contribution is -0.126. The highest BCUT2D eigenvalue weighted by atomic mass is 32.2. The van der Waals surface area contributed by atoms with Crippen molar-refractivity contribution in [1.82, 2.24) is 9.62 Å². The quantitative estimate of drug-likeness (QED) is 0.721. The summed E-state index contributed by atoms with van der Waals surface area (Å²) in [6.07, 6.45) is 2.54. The summed E-state index contributed by atoms with van der Waals surface area (Å²) in [6, 6.07) is 18.0. The maximum Gasteiger partial charge on any atom is 0.223 e. The molecule has 0 unspecified atom stereocenters. The van der Waals surface area contributed by atoms with Gasteiger partial charge < -0.3 is 5.32 Å². The van der Waals surface area contributed by atoms with E-state index in [1.165, 1.54) is 5.56 Å². The highest BCUT2D eigenvalue weighted by Gasteiger charge is 2.30. The largest absolute Gasteiger partial charge is 0.352 e. The molecule has 0 spiro atoms. The van der Waals surface area contributed by atoms with Gasteiger partial charge in [0.2, 0.25) is 15.9 Å². The molecule has 0 aliphatic carbocycles. The van der Waals surface area contributed by atoms with Gasteiger partial charge in [-0.15, -0.1) is 0 Å². The van der Waals surface area contributed by atoms with Crippen molar-refractivity contribution in [2.24, 2.45) is 5.92 Å². The summed E-state index contributed by atoms with van der Waals surface area (Å²) in [7, 11) is -3.26. The van der Waals surface area contributed by atoms with E-state index in [1.807, 2.05) is 61.5 Å². The zero-order chi connectivity index (χ0) is 20.7. The summed E-state index contributed by atoms with van der Waals surface area (Å²) in [6.45, 7) is 3.40. The molecule has 0 radical (unpaired) electrons. The van der Waals surface area contributed by atoms with Crippen molar-refractivity contribution < 1.29 is 13.2 Å². The van der Waals surface area contributed by atoms with Gasteiger partial charge in [-0.2, -0.15) is 0 Å². The van der Waals surface area contributed by atoms with Crippen LogP contribution in [0.25, 0.3) is 0 Å². The molecule has 1 heterocycles. The predicted octanol–water partition coefficient (Wildman–Crippen LogP) is 3.29. The van der Waals surface area contributed by atoms with E-state index in [0.717, 1.165) is 17.5 Å². The summed E-state index contributed by atoms with van der Waals surface area (Å²) in [5, 5.41) is 2.99. The van der Waals surface area contributed by atoms with Crippen LogP contribution in [0.2, 0.25) is 0 Å². The van der Waals surface area contributed by atoms with E-state index in [0.29, 0.717) is 38.9 Å². The zero-order valence-electron chi connectivity index (χ0n) is 17.0. The first-order chi connectivity index (χ1) is 13.9. The van der Waals surface area contributed by atoms with Crippen LogP contribution < -0.4 is 5.32 Å². The van der Waals surface area contributed by atoms with Gasteiger partial charge in [-0.3, -0.25) is 4.79 Å². The fourth-order valence-electron chi connectivity index (χ4n) is 3.67. The van der Waals surface area contributed by atoms with E-state index in [1.54, 1.807) is 4.31 Å². The molecule has 0 bridgehead atoms. The first-order valence-corrected chi connectivity index (χ1v) is 11.9. The zero-order valence-corrected chi connectivity index (χ0v) is 17.8. The first-order valence-electron chi connectivity index (χ1n) is 10.3. The van der Waals surface area contributed by atoms with E-state index in [4.69, 9.17) is 0 Å². The minimum atomic E-state index is -3.26. The number of rotatable bonds is 8. The Morgan fingerprint density at radius 2 is 1.66 bits per heavy atom. The van der Waals surface area contributed by atoms with Crippen molar-refractivity contribution in [3.05, 3.63) is 71.3 Å². The third-order valence-corrected chi connectivity index (χ3v) is 7.47. The Hall–Kier alpha value is -2.18.